The van der Waals surface area contributed by atoms with E-state index < -0.39 is 0 Å². The van der Waals surface area contributed by atoms with Crippen LogP contribution in [0.4, 0.5) is 0 Å². The normalized spacial score (nSPS) is 16.1. The van der Waals surface area contributed by atoms with E-state index in [0.29, 0.717) is 6.04 Å². The Bertz CT molecular complexity index is 855. The van der Waals surface area contributed by atoms with Gasteiger partial charge in [0.2, 0.25) is 0 Å². The number of likely N-dealkylation sites (tertiary alicyclic amines) is 1. The molecule has 1 aromatic heterocycles. The molecule has 2 heterocycles. The van der Waals surface area contributed by atoms with Crippen molar-refractivity contribution in [1.29, 1.82) is 0 Å². The van der Waals surface area contributed by atoms with Crippen LogP contribution in [-0.2, 0) is 6.42 Å². The summed E-state index contributed by atoms with van der Waals surface area (Å²) in [6.45, 7) is 16.4. The van der Waals surface area contributed by atoms with E-state index in [4.69, 9.17) is 9.84 Å². The molecule has 31 heavy (non-hydrogen) atoms. The monoisotopic (exact) mass is 421 g/mol. The van der Waals surface area contributed by atoms with Gasteiger partial charge in [0.25, 0.3) is 0 Å². The molecule has 168 valence electrons. The molecule has 1 fully saturated rings. The highest BCUT2D eigenvalue weighted by molar-refractivity contribution is 5.62. The van der Waals surface area contributed by atoms with Crippen LogP contribution in [0.25, 0.3) is 12.2 Å². The van der Waals surface area contributed by atoms with Gasteiger partial charge in [0.15, 0.2) is 0 Å². The zero-order valence-electron chi connectivity index (χ0n) is 19.8. The third-order valence-electron chi connectivity index (χ3n) is 6.08. The Morgan fingerprint density at radius 2 is 1.94 bits per heavy atom. The number of aromatic nitrogens is 2. The minimum absolute atomic E-state index is 0.442. The molecule has 2 aromatic rings. The van der Waals surface area contributed by atoms with Crippen LogP contribution in [0.5, 0.6) is 5.75 Å². The van der Waals surface area contributed by atoms with Crippen molar-refractivity contribution in [2.45, 2.75) is 65.8 Å². The van der Waals surface area contributed by atoms with Gasteiger partial charge < -0.3 is 9.64 Å². The highest BCUT2D eigenvalue weighted by Crippen LogP contribution is 2.27. The summed E-state index contributed by atoms with van der Waals surface area (Å²) < 4.78 is 8.22. The number of hydrogen-bond donors (Lipinski definition) is 0. The Morgan fingerprint density at radius 1 is 1.23 bits per heavy atom. The van der Waals surface area contributed by atoms with Crippen molar-refractivity contribution in [2.24, 2.45) is 5.92 Å². The second-order valence-electron chi connectivity index (χ2n) is 9.14. The molecule has 4 nitrogen and oxygen atoms in total. The van der Waals surface area contributed by atoms with E-state index in [-0.39, 0.29) is 0 Å². The molecule has 1 saturated heterocycles. The Morgan fingerprint density at radius 3 is 2.55 bits per heavy atom. The molecule has 1 aromatic carbocycles. The minimum atomic E-state index is 0.442. The number of piperidine rings is 1. The van der Waals surface area contributed by atoms with Gasteiger partial charge in [0, 0.05) is 18.7 Å². The number of nitrogens with zero attached hydrogens (tertiary/aromatic N) is 3. The summed E-state index contributed by atoms with van der Waals surface area (Å²) in [6, 6.07) is 8.83. The lowest BCUT2D eigenvalue weighted by Gasteiger charge is -2.33. The van der Waals surface area contributed by atoms with Gasteiger partial charge in [-0.2, -0.15) is 5.10 Å². The van der Waals surface area contributed by atoms with E-state index in [1.807, 2.05) is 31.3 Å². The van der Waals surface area contributed by atoms with Gasteiger partial charge in [0.05, 0.1) is 17.9 Å². The molecule has 0 radical (unpaired) electrons. The number of ether oxygens (including phenoxy) is 1. The first-order chi connectivity index (χ1) is 15.0. The van der Waals surface area contributed by atoms with Crippen LogP contribution in [0.1, 0.15) is 76.2 Å². The van der Waals surface area contributed by atoms with E-state index in [1.54, 1.807) is 0 Å². The SMILES string of the molecule is C=Cc1c(/C=C(\C)Oc2ccc(CCC)cc2)cnn1C1CCN(CCC(C)C)CC1. The van der Waals surface area contributed by atoms with Gasteiger partial charge in [-0.1, -0.05) is 45.9 Å². The predicted molar refractivity (Wildman–Crippen MR) is 131 cm³/mol. The zero-order chi connectivity index (χ0) is 22.2. The van der Waals surface area contributed by atoms with Gasteiger partial charge in [0.1, 0.15) is 11.5 Å². The van der Waals surface area contributed by atoms with E-state index in [0.717, 1.165) is 67.5 Å². The molecule has 1 aliphatic heterocycles. The Balaban J connectivity index is 1.63. The van der Waals surface area contributed by atoms with Crippen LogP contribution in [0.2, 0.25) is 0 Å². The summed E-state index contributed by atoms with van der Waals surface area (Å²) in [5.74, 6) is 2.50. The summed E-state index contributed by atoms with van der Waals surface area (Å²) in [6.07, 6.45) is 11.8. The quantitative estimate of drug-likeness (QED) is 0.405. The fourth-order valence-electron chi connectivity index (χ4n) is 4.27. The number of allylic oxidation sites excluding steroid dienone is 1. The molecule has 0 amide bonds. The van der Waals surface area contributed by atoms with Crippen LogP contribution < -0.4 is 4.74 Å². The maximum Gasteiger partial charge on any atom is 0.126 e. The summed E-state index contributed by atoms with van der Waals surface area (Å²) in [4.78, 5) is 2.60. The molecule has 0 aliphatic carbocycles. The highest BCUT2D eigenvalue weighted by atomic mass is 16.5. The number of hydrogen-bond acceptors (Lipinski definition) is 3. The fraction of sp³-hybridized carbons (Fsp3) is 0.519. The molecular weight excluding hydrogens is 382 g/mol. The molecule has 1 aliphatic rings. The van der Waals surface area contributed by atoms with Crippen molar-refractivity contribution in [1.82, 2.24) is 14.7 Å². The average Bonchev–Trinajstić information content (AvgIpc) is 3.16. The maximum absolute atomic E-state index is 6.05. The maximum atomic E-state index is 6.05. The van der Waals surface area contributed by atoms with Crippen molar-refractivity contribution in [2.75, 3.05) is 19.6 Å². The lowest BCUT2D eigenvalue weighted by Crippen LogP contribution is -2.36. The average molecular weight is 422 g/mol. The largest absolute Gasteiger partial charge is 0.462 e. The topological polar surface area (TPSA) is 30.3 Å². The molecule has 0 atom stereocenters. The molecular formula is C27H39N3O. The third kappa shape index (κ3) is 6.57. The second-order valence-corrected chi connectivity index (χ2v) is 9.14. The molecule has 0 spiro atoms. The number of rotatable bonds is 10. The lowest BCUT2D eigenvalue weighted by atomic mass is 10.0. The first-order valence-corrected chi connectivity index (χ1v) is 11.9. The number of benzene rings is 1. The van der Waals surface area contributed by atoms with Gasteiger partial charge >= 0.3 is 0 Å². The first-order valence-electron chi connectivity index (χ1n) is 11.9. The van der Waals surface area contributed by atoms with Crippen LogP contribution in [0, 0.1) is 5.92 Å². The van der Waals surface area contributed by atoms with Crippen LogP contribution in [-0.4, -0.2) is 34.3 Å². The van der Waals surface area contributed by atoms with E-state index >= 15 is 0 Å². The summed E-state index contributed by atoms with van der Waals surface area (Å²) in [5, 5.41) is 4.73. The molecule has 0 saturated carbocycles. The fourth-order valence-corrected chi connectivity index (χ4v) is 4.27. The molecule has 0 unspecified atom stereocenters. The zero-order valence-corrected chi connectivity index (χ0v) is 19.8. The van der Waals surface area contributed by atoms with Gasteiger partial charge in [-0.25, -0.2) is 0 Å². The number of aryl methyl sites for hydroxylation is 1. The van der Waals surface area contributed by atoms with Gasteiger partial charge in [-0.3, -0.25) is 4.68 Å². The Labute approximate surface area is 188 Å². The van der Waals surface area contributed by atoms with Crippen molar-refractivity contribution in [3.05, 3.63) is 59.6 Å². The van der Waals surface area contributed by atoms with E-state index in [1.165, 1.54) is 18.5 Å². The van der Waals surface area contributed by atoms with Crippen LogP contribution >= 0.6 is 0 Å². The molecule has 0 N–H and O–H groups in total. The van der Waals surface area contributed by atoms with Crippen LogP contribution in [0.15, 0.2) is 42.8 Å². The summed E-state index contributed by atoms with van der Waals surface area (Å²) >= 11 is 0. The molecule has 0 bridgehead atoms. The first kappa shape index (κ1) is 23.3. The lowest BCUT2D eigenvalue weighted by molar-refractivity contribution is 0.172. The minimum Gasteiger partial charge on any atom is -0.462 e. The predicted octanol–water partition coefficient (Wildman–Crippen LogP) is 6.60. The summed E-state index contributed by atoms with van der Waals surface area (Å²) in [7, 11) is 0. The van der Waals surface area contributed by atoms with E-state index in [2.05, 4.69) is 55.1 Å². The van der Waals surface area contributed by atoms with Gasteiger partial charge in [-0.15, -0.1) is 0 Å². The molecule has 3 rings (SSSR count). The van der Waals surface area contributed by atoms with Crippen molar-refractivity contribution < 1.29 is 4.74 Å². The van der Waals surface area contributed by atoms with Gasteiger partial charge in [-0.05, 0) is 74.9 Å². The third-order valence-corrected chi connectivity index (χ3v) is 6.08. The Kier molecular flexibility index (Phi) is 8.53. The smallest absolute Gasteiger partial charge is 0.126 e. The van der Waals surface area contributed by atoms with Crippen molar-refractivity contribution >= 4 is 12.2 Å². The standard InChI is InChI=1S/C27H39N3O/c1-6-8-23-9-11-26(12-10-23)31-22(5)19-24-20-28-30(27(24)7-2)25-14-17-29(18-15-25)16-13-21(3)4/h7,9-12,19-21,25H,2,6,8,13-18H2,1,3-5H3/b22-19+. The van der Waals surface area contributed by atoms with E-state index in [9.17, 15) is 0 Å². The van der Waals surface area contributed by atoms with Crippen molar-refractivity contribution in [3.63, 3.8) is 0 Å². The highest BCUT2D eigenvalue weighted by Gasteiger charge is 2.23. The molecule has 4 heteroatoms. The Hall–Kier alpha value is -2.33. The van der Waals surface area contributed by atoms with Crippen molar-refractivity contribution in [3.8, 4) is 5.75 Å². The van der Waals surface area contributed by atoms with Crippen LogP contribution in [0.3, 0.4) is 0 Å². The summed E-state index contributed by atoms with van der Waals surface area (Å²) in [5.41, 5.74) is 3.50. The second kappa shape index (κ2) is 11.3.